The molecule has 0 spiro atoms. The van der Waals surface area contributed by atoms with Gasteiger partial charge in [0.25, 0.3) is 5.92 Å². The zero-order chi connectivity index (χ0) is 33.1. The monoisotopic (exact) mass is 631 g/mol. The highest BCUT2D eigenvalue weighted by molar-refractivity contribution is 5.98. The Labute approximate surface area is 266 Å². The largest absolute Gasteiger partial charge is 0.444 e. The number of hydrogen-bond donors (Lipinski definition) is 4. The van der Waals surface area contributed by atoms with Crippen LogP contribution in [0.5, 0.6) is 0 Å². The molecule has 3 amide bonds. The highest BCUT2D eigenvalue weighted by Crippen LogP contribution is 2.39. The fourth-order valence-corrected chi connectivity index (χ4v) is 6.99. The van der Waals surface area contributed by atoms with Crippen LogP contribution in [0.1, 0.15) is 98.1 Å². The number of fused-ring (bicyclic) bond motifs is 2. The molecule has 12 heteroatoms. The second-order valence-corrected chi connectivity index (χ2v) is 14.1. The number of carbonyl (C=O) groups is 2. The van der Waals surface area contributed by atoms with Crippen molar-refractivity contribution in [3.05, 3.63) is 35.9 Å². The van der Waals surface area contributed by atoms with Crippen LogP contribution in [0.3, 0.4) is 0 Å². The van der Waals surface area contributed by atoms with Crippen LogP contribution >= 0.6 is 0 Å². The number of piperidine rings is 2. The molecule has 3 saturated heterocycles. The van der Waals surface area contributed by atoms with Crippen molar-refractivity contribution in [3.63, 3.8) is 0 Å². The molecule has 0 aliphatic carbocycles. The van der Waals surface area contributed by atoms with E-state index in [0.29, 0.717) is 30.2 Å². The summed E-state index contributed by atoms with van der Waals surface area (Å²) in [6.45, 7) is 10.7. The predicted octanol–water partition coefficient (Wildman–Crippen LogP) is 6.34. The maximum Gasteiger partial charge on any atom is 0.412 e. The summed E-state index contributed by atoms with van der Waals surface area (Å²) in [6.07, 6.45) is 2.22. The van der Waals surface area contributed by atoms with E-state index in [1.807, 2.05) is 49.1 Å². The summed E-state index contributed by atoms with van der Waals surface area (Å²) in [5.74, 6) is -2.11. The molecular formula is C33H51F2N7O3. The SMILES string of the molecule is CC(=N)N(C(=N)C(C)C)C1CC2CC[C@@H](C1)N2CC[C@H](NC(=O)NC1CCC(F)(F)CN1C(=O)OC(C)(C)C)c1ccccc1. The first kappa shape index (κ1) is 34.6. The number of amidine groups is 2. The Hall–Kier alpha value is -3.28. The molecular weight excluding hydrogens is 580 g/mol. The summed E-state index contributed by atoms with van der Waals surface area (Å²) < 4.78 is 34.0. The van der Waals surface area contributed by atoms with E-state index in [1.54, 1.807) is 27.7 Å². The lowest BCUT2D eigenvalue weighted by atomic mass is 9.93. The van der Waals surface area contributed by atoms with Gasteiger partial charge in [-0.2, -0.15) is 0 Å². The smallest absolute Gasteiger partial charge is 0.412 e. The number of ether oxygens (including phenoxy) is 1. The topological polar surface area (TPSA) is 125 Å². The Morgan fingerprint density at radius 1 is 1.09 bits per heavy atom. The molecule has 0 radical (unpaired) electrons. The molecule has 1 aromatic carbocycles. The number of carbonyl (C=O) groups excluding carboxylic acids is 2. The van der Waals surface area contributed by atoms with Gasteiger partial charge >= 0.3 is 12.1 Å². The number of urea groups is 1. The summed E-state index contributed by atoms with van der Waals surface area (Å²) in [5.41, 5.74) is 0.0698. The van der Waals surface area contributed by atoms with Gasteiger partial charge in [-0.3, -0.25) is 20.6 Å². The van der Waals surface area contributed by atoms with Crippen LogP contribution in [0, 0.1) is 16.7 Å². The van der Waals surface area contributed by atoms with E-state index < -0.39 is 42.8 Å². The molecule has 3 fully saturated rings. The number of likely N-dealkylation sites (tertiary alicyclic amines) is 1. The zero-order valence-electron chi connectivity index (χ0n) is 27.5. The number of benzene rings is 1. The van der Waals surface area contributed by atoms with Gasteiger partial charge in [0, 0.05) is 37.0 Å². The van der Waals surface area contributed by atoms with Crippen molar-refractivity contribution in [1.82, 2.24) is 25.3 Å². The van der Waals surface area contributed by atoms with Gasteiger partial charge < -0.3 is 20.3 Å². The van der Waals surface area contributed by atoms with Crippen molar-refractivity contribution in [3.8, 4) is 0 Å². The summed E-state index contributed by atoms with van der Waals surface area (Å²) in [7, 11) is 0. The fraction of sp³-hybridized carbons (Fsp3) is 0.697. The van der Waals surface area contributed by atoms with E-state index in [0.717, 1.165) is 42.7 Å². The zero-order valence-corrected chi connectivity index (χ0v) is 27.5. The van der Waals surface area contributed by atoms with E-state index in [1.165, 1.54) is 0 Å². The number of rotatable bonds is 8. The summed E-state index contributed by atoms with van der Waals surface area (Å²) in [5, 5.41) is 22.8. The van der Waals surface area contributed by atoms with E-state index in [-0.39, 0.29) is 24.4 Å². The molecule has 10 nitrogen and oxygen atoms in total. The third-order valence-corrected chi connectivity index (χ3v) is 9.06. The summed E-state index contributed by atoms with van der Waals surface area (Å²) >= 11 is 0. The number of hydrogen-bond acceptors (Lipinski definition) is 6. The first-order chi connectivity index (χ1) is 21.0. The van der Waals surface area contributed by atoms with Gasteiger partial charge in [0.1, 0.15) is 17.6 Å². The van der Waals surface area contributed by atoms with Gasteiger partial charge in [-0.1, -0.05) is 44.2 Å². The molecule has 4 rings (SSSR count). The average Bonchev–Trinajstić information content (AvgIpc) is 3.18. The lowest BCUT2D eigenvalue weighted by molar-refractivity contribution is -0.0882. The van der Waals surface area contributed by atoms with Crippen molar-refractivity contribution < 1.29 is 23.1 Å². The quantitative estimate of drug-likeness (QED) is 0.197. The molecule has 3 heterocycles. The van der Waals surface area contributed by atoms with Gasteiger partial charge in [-0.15, -0.1) is 0 Å². The molecule has 4 N–H and O–H groups in total. The second-order valence-electron chi connectivity index (χ2n) is 14.1. The Morgan fingerprint density at radius 3 is 2.27 bits per heavy atom. The molecule has 3 unspecified atom stereocenters. The summed E-state index contributed by atoms with van der Waals surface area (Å²) in [4.78, 5) is 31.5. The van der Waals surface area contributed by atoms with Gasteiger partial charge in [0.05, 0.1) is 18.4 Å². The molecule has 1 aromatic rings. The van der Waals surface area contributed by atoms with Crippen LogP contribution in [-0.2, 0) is 4.74 Å². The molecule has 3 aliphatic heterocycles. The number of nitrogens with zero attached hydrogens (tertiary/aromatic N) is 3. The van der Waals surface area contributed by atoms with Crippen LogP contribution in [0.25, 0.3) is 0 Å². The molecule has 5 atom stereocenters. The summed E-state index contributed by atoms with van der Waals surface area (Å²) in [6, 6.07) is 9.62. The third kappa shape index (κ3) is 8.92. The lowest BCUT2D eigenvalue weighted by Gasteiger charge is -2.44. The fourth-order valence-electron chi connectivity index (χ4n) is 6.99. The highest BCUT2D eigenvalue weighted by Gasteiger charge is 2.45. The lowest BCUT2D eigenvalue weighted by Crippen LogP contribution is -2.60. The molecule has 2 bridgehead atoms. The molecule has 0 aromatic heterocycles. The third-order valence-electron chi connectivity index (χ3n) is 9.06. The minimum absolute atomic E-state index is 0.0474. The van der Waals surface area contributed by atoms with Crippen molar-refractivity contribution in [1.29, 1.82) is 10.8 Å². The Morgan fingerprint density at radius 2 is 1.71 bits per heavy atom. The molecule has 250 valence electrons. The Bertz CT molecular complexity index is 1210. The Kier molecular flexibility index (Phi) is 10.8. The van der Waals surface area contributed by atoms with E-state index in [2.05, 4.69) is 15.5 Å². The number of halogens is 2. The predicted molar refractivity (Wildman–Crippen MR) is 171 cm³/mol. The van der Waals surface area contributed by atoms with E-state index in [4.69, 9.17) is 15.6 Å². The van der Waals surface area contributed by atoms with Crippen LogP contribution in [0.15, 0.2) is 30.3 Å². The molecule has 0 saturated carbocycles. The minimum atomic E-state index is -3.06. The average molecular weight is 632 g/mol. The van der Waals surface area contributed by atoms with Crippen LogP contribution in [-0.4, -0.2) is 87.4 Å². The number of nitrogens with one attached hydrogen (secondary N) is 4. The normalized spacial score (nSPS) is 25.4. The maximum atomic E-state index is 14.3. The van der Waals surface area contributed by atoms with E-state index >= 15 is 0 Å². The Balaban J connectivity index is 1.42. The van der Waals surface area contributed by atoms with Crippen molar-refractivity contribution in [2.24, 2.45) is 5.92 Å². The highest BCUT2D eigenvalue weighted by atomic mass is 19.3. The maximum absolute atomic E-state index is 14.3. The van der Waals surface area contributed by atoms with Crippen molar-refractivity contribution in [2.75, 3.05) is 13.1 Å². The van der Waals surface area contributed by atoms with E-state index in [9.17, 15) is 18.4 Å². The number of amides is 3. The number of alkyl halides is 2. The minimum Gasteiger partial charge on any atom is -0.444 e. The van der Waals surface area contributed by atoms with Crippen molar-refractivity contribution in [2.45, 2.75) is 128 Å². The first-order valence-electron chi connectivity index (χ1n) is 16.2. The first-order valence-corrected chi connectivity index (χ1v) is 16.2. The van der Waals surface area contributed by atoms with Gasteiger partial charge in [-0.25, -0.2) is 18.4 Å². The van der Waals surface area contributed by atoms with Gasteiger partial charge in [-0.05, 0) is 71.8 Å². The molecule has 45 heavy (non-hydrogen) atoms. The van der Waals surface area contributed by atoms with Crippen LogP contribution in [0.4, 0.5) is 18.4 Å². The second kappa shape index (κ2) is 14.0. The standard InChI is InChI=1S/C33H51F2N7O3/c1-21(2)29(37)42(22(3)36)26-18-24-12-13-25(19-26)40(24)17-15-27(23-10-8-7-9-11-23)38-30(43)39-28-14-16-33(34,35)20-41(28)31(44)45-32(4,5)6/h7-11,21,24-28,36-37H,12-20H2,1-6H3,(H2,38,39,43)/t24-,25?,26?,27-,28?/m0/s1. The van der Waals surface area contributed by atoms with Crippen molar-refractivity contribution >= 4 is 23.8 Å². The van der Waals surface area contributed by atoms with Crippen LogP contribution in [0.2, 0.25) is 0 Å². The van der Waals surface area contributed by atoms with Gasteiger partial charge in [0.15, 0.2) is 0 Å². The van der Waals surface area contributed by atoms with Crippen LogP contribution < -0.4 is 10.6 Å². The molecule has 3 aliphatic rings. The van der Waals surface area contributed by atoms with Gasteiger partial charge in [0.2, 0.25) is 0 Å².